The lowest BCUT2D eigenvalue weighted by Gasteiger charge is -2.42. The summed E-state index contributed by atoms with van der Waals surface area (Å²) in [6.07, 6.45) is 9.75. The zero-order valence-electron chi connectivity index (χ0n) is 14.5. The first kappa shape index (κ1) is 17.5. The normalized spacial score (nSPS) is 38.1. The van der Waals surface area contributed by atoms with Crippen molar-refractivity contribution in [3.8, 4) is 0 Å². The predicted molar refractivity (Wildman–Crippen MR) is 93.1 cm³/mol. The highest BCUT2D eigenvalue weighted by Gasteiger charge is 2.40. The van der Waals surface area contributed by atoms with Gasteiger partial charge in [0.15, 0.2) is 0 Å². The molecule has 0 spiro atoms. The maximum absolute atomic E-state index is 13.2. The molecular weight excluding hydrogens is 278 g/mol. The molecule has 2 nitrogen and oxygen atoms in total. The first-order chi connectivity index (χ1) is 9.93. The molecule has 0 aromatic rings. The van der Waals surface area contributed by atoms with Gasteiger partial charge >= 0.3 is 0 Å². The van der Waals surface area contributed by atoms with E-state index in [0.29, 0.717) is 22.0 Å². The molecule has 0 radical (unpaired) electrons. The largest absolute Gasteiger partial charge is 0.313 e. The van der Waals surface area contributed by atoms with Crippen molar-refractivity contribution in [1.29, 1.82) is 0 Å². The fraction of sp³-hybridized carbons (Fsp3) is 1.00. The molecule has 21 heavy (non-hydrogen) atoms. The van der Waals surface area contributed by atoms with Crippen LogP contribution in [0, 0.1) is 11.3 Å². The van der Waals surface area contributed by atoms with E-state index < -0.39 is 10.8 Å². The van der Waals surface area contributed by atoms with Crippen LogP contribution >= 0.6 is 0 Å². The van der Waals surface area contributed by atoms with Gasteiger partial charge in [-0.25, -0.2) is 0 Å². The summed E-state index contributed by atoms with van der Waals surface area (Å²) in [6, 6.07) is 0.482. The van der Waals surface area contributed by atoms with Crippen molar-refractivity contribution in [1.82, 2.24) is 5.32 Å². The van der Waals surface area contributed by atoms with Crippen molar-refractivity contribution in [2.75, 3.05) is 6.54 Å². The summed E-state index contributed by atoms with van der Waals surface area (Å²) in [5.74, 6) is 0.770. The van der Waals surface area contributed by atoms with E-state index in [9.17, 15) is 4.21 Å². The molecule has 1 N–H and O–H groups in total. The van der Waals surface area contributed by atoms with Crippen molar-refractivity contribution >= 4 is 10.8 Å². The summed E-state index contributed by atoms with van der Waals surface area (Å²) in [7, 11) is -0.656. The molecule has 5 unspecified atom stereocenters. The van der Waals surface area contributed by atoms with Gasteiger partial charge in [0, 0.05) is 22.1 Å². The molecule has 0 aromatic carbocycles. The maximum Gasteiger partial charge on any atom is 0.0509 e. The van der Waals surface area contributed by atoms with Crippen LogP contribution in [-0.2, 0) is 10.8 Å². The second-order valence-corrected chi connectivity index (χ2v) is 10.2. The summed E-state index contributed by atoms with van der Waals surface area (Å²) in [6.45, 7) is 10.3. The summed E-state index contributed by atoms with van der Waals surface area (Å²) in [5, 5.41) is 4.53. The molecule has 0 heterocycles. The van der Waals surface area contributed by atoms with Crippen LogP contribution in [0.15, 0.2) is 0 Å². The van der Waals surface area contributed by atoms with Crippen LogP contribution in [0.25, 0.3) is 0 Å². The Hall–Kier alpha value is 0.110. The van der Waals surface area contributed by atoms with E-state index in [0.717, 1.165) is 18.9 Å². The van der Waals surface area contributed by atoms with Crippen molar-refractivity contribution in [2.24, 2.45) is 11.3 Å². The third-order valence-corrected chi connectivity index (χ3v) is 7.68. The number of rotatable bonds is 5. The van der Waals surface area contributed by atoms with Crippen LogP contribution in [0.5, 0.6) is 0 Å². The van der Waals surface area contributed by atoms with Gasteiger partial charge in [0.1, 0.15) is 0 Å². The molecule has 0 amide bonds. The zero-order chi connectivity index (χ0) is 15.5. The topological polar surface area (TPSA) is 29.1 Å². The van der Waals surface area contributed by atoms with E-state index in [4.69, 9.17) is 0 Å². The Kier molecular flexibility index (Phi) is 6.31. The molecule has 3 heteroatoms. The minimum Gasteiger partial charge on any atom is -0.313 e. The van der Waals surface area contributed by atoms with Gasteiger partial charge in [-0.15, -0.1) is 0 Å². The van der Waals surface area contributed by atoms with Gasteiger partial charge in [-0.3, -0.25) is 4.21 Å². The third kappa shape index (κ3) is 4.79. The molecule has 0 aliphatic heterocycles. The summed E-state index contributed by atoms with van der Waals surface area (Å²) >= 11 is 0. The molecule has 124 valence electrons. The van der Waals surface area contributed by atoms with Crippen molar-refractivity contribution < 1.29 is 4.21 Å². The van der Waals surface area contributed by atoms with Gasteiger partial charge in [-0.05, 0) is 56.4 Å². The second-order valence-electron chi connectivity index (χ2n) is 8.23. The molecule has 0 bridgehead atoms. The third-order valence-electron chi connectivity index (χ3n) is 5.51. The number of hydrogen-bond acceptors (Lipinski definition) is 2. The SMILES string of the molecule is CCCNC1CCC(C)(C)CC1S(=O)C1CCCC(C)C1. The van der Waals surface area contributed by atoms with E-state index >= 15 is 0 Å². The van der Waals surface area contributed by atoms with Crippen molar-refractivity contribution in [2.45, 2.75) is 95.6 Å². The maximum atomic E-state index is 13.2. The second kappa shape index (κ2) is 7.59. The van der Waals surface area contributed by atoms with Crippen molar-refractivity contribution in [3.63, 3.8) is 0 Å². The van der Waals surface area contributed by atoms with Gasteiger partial charge in [-0.1, -0.05) is 40.5 Å². The van der Waals surface area contributed by atoms with Gasteiger partial charge in [0.05, 0.1) is 5.25 Å². The molecule has 5 atom stereocenters. The van der Waals surface area contributed by atoms with E-state index in [1.165, 1.54) is 44.9 Å². The first-order valence-electron chi connectivity index (χ1n) is 9.05. The van der Waals surface area contributed by atoms with Gasteiger partial charge in [0.2, 0.25) is 0 Å². The molecular formula is C18H35NOS. The highest BCUT2D eigenvalue weighted by atomic mass is 32.2. The van der Waals surface area contributed by atoms with Crippen LogP contribution in [0.4, 0.5) is 0 Å². The summed E-state index contributed by atoms with van der Waals surface area (Å²) < 4.78 is 13.2. The van der Waals surface area contributed by atoms with Crippen LogP contribution in [0.3, 0.4) is 0 Å². The Morgan fingerprint density at radius 3 is 2.67 bits per heavy atom. The van der Waals surface area contributed by atoms with E-state index in [1.54, 1.807) is 0 Å². The molecule has 2 aliphatic rings. The number of nitrogens with one attached hydrogen (secondary N) is 1. The summed E-state index contributed by atoms with van der Waals surface area (Å²) in [5.41, 5.74) is 0.366. The Balaban J connectivity index is 2.04. The highest BCUT2D eigenvalue weighted by molar-refractivity contribution is 7.86. The van der Waals surface area contributed by atoms with Gasteiger partial charge in [0.25, 0.3) is 0 Å². The van der Waals surface area contributed by atoms with Gasteiger partial charge in [-0.2, -0.15) is 0 Å². The average Bonchev–Trinajstić information content (AvgIpc) is 2.44. The Morgan fingerprint density at radius 2 is 2.00 bits per heavy atom. The number of hydrogen-bond donors (Lipinski definition) is 1. The van der Waals surface area contributed by atoms with Crippen LogP contribution in [-0.4, -0.2) is 27.3 Å². The minimum atomic E-state index is -0.656. The van der Waals surface area contributed by atoms with E-state index in [2.05, 4.69) is 33.0 Å². The van der Waals surface area contributed by atoms with E-state index in [1.807, 2.05) is 0 Å². The molecule has 2 saturated carbocycles. The highest BCUT2D eigenvalue weighted by Crippen LogP contribution is 2.40. The van der Waals surface area contributed by atoms with Crippen LogP contribution < -0.4 is 5.32 Å². The molecule has 2 rings (SSSR count). The minimum absolute atomic E-state index is 0.366. The van der Waals surface area contributed by atoms with Crippen LogP contribution in [0.2, 0.25) is 0 Å². The molecule has 2 fully saturated rings. The van der Waals surface area contributed by atoms with Crippen LogP contribution in [0.1, 0.15) is 79.1 Å². The Bertz CT molecular complexity index is 355. The fourth-order valence-electron chi connectivity index (χ4n) is 4.17. The standard InChI is InChI=1S/C18H35NOS/c1-5-11-19-16-9-10-18(3,4)13-17(16)21(20)15-8-6-7-14(2)12-15/h14-17,19H,5-13H2,1-4H3. The molecule has 2 aliphatic carbocycles. The summed E-state index contributed by atoms with van der Waals surface area (Å²) in [4.78, 5) is 0. The molecule has 0 saturated heterocycles. The Morgan fingerprint density at radius 1 is 1.24 bits per heavy atom. The smallest absolute Gasteiger partial charge is 0.0509 e. The zero-order valence-corrected chi connectivity index (χ0v) is 15.3. The van der Waals surface area contributed by atoms with E-state index in [-0.39, 0.29) is 0 Å². The predicted octanol–water partition coefficient (Wildman–Crippen LogP) is 4.26. The fourth-order valence-corrected chi connectivity index (χ4v) is 6.75. The molecule has 0 aromatic heterocycles. The average molecular weight is 314 g/mol. The Labute approximate surface area is 134 Å². The van der Waals surface area contributed by atoms with Gasteiger partial charge < -0.3 is 5.32 Å². The quantitative estimate of drug-likeness (QED) is 0.821. The monoisotopic (exact) mass is 313 g/mol. The lowest BCUT2D eigenvalue weighted by molar-refractivity contribution is 0.210. The lowest BCUT2D eigenvalue weighted by Crippen LogP contribution is -2.50. The first-order valence-corrected chi connectivity index (χ1v) is 10.3. The van der Waals surface area contributed by atoms with Crippen molar-refractivity contribution in [3.05, 3.63) is 0 Å². The lowest BCUT2D eigenvalue weighted by atomic mass is 9.75.